The second kappa shape index (κ2) is 16.4. The van der Waals surface area contributed by atoms with Crippen LogP contribution in [-0.2, 0) is 28.7 Å². The summed E-state index contributed by atoms with van der Waals surface area (Å²) in [5.41, 5.74) is 3.45. The molecule has 0 saturated carbocycles. The number of benzene rings is 4. The highest BCUT2D eigenvalue weighted by atomic mass is 16.5. The van der Waals surface area contributed by atoms with Gasteiger partial charge >= 0.3 is 11.9 Å². The Morgan fingerprint density at radius 3 is 1.24 bits per heavy atom. The quantitative estimate of drug-likeness (QED) is 0.0971. The van der Waals surface area contributed by atoms with Crippen molar-refractivity contribution in [1.82, 2.24) is 4.90 Å². The number of esters is 2. The molecule has 1 aliphatic rings. The van der Waals surface area contributed by atoms with Crippen LogP contribution >= 0.6 is 0 Å². The highest BCUT2D eigenvalue weighted by Gasteiger charge is 2.53. The maximum atomic E-state index is 13.6. The molecule has 4 aromatic carbocycles. The van der Waals surface area contributed by atoms with Gasteiger partial charge in [-0.2, -0.15) is 0 Å². The Kier molecular flexibility index (Phi) is 11.8. The second-order valence-corrected chi connectivity index (χ2v) is 13.2. The first-order valence-electron chi connectivity index (χ1n) is 17.1. The van der Waals surface area contributed by atoms with Gasteiger partial charge in [0.2, 0.25) is 5.78 Å². The van der Waals surface area contributed by atoms with E-state index in [0.717, 1.165) is 27.2 Å². The van der Waals surface area contributed by atoms with Crippen molar-refractivity contribution >= 4 is 23.6 Å². The first-order chi connectivity index (χ1) is 23.7. The average Bonchev–Trinajstić information content (AvgIpc) is 3.12. The third-order valence-electron chi connectivity index (χ3n) is 9.70. The molecule has 0 radical (unpaired) electrons. The number of rotatable bonds is 15. The zero-order valence-corrected chi connectivity index (χ0v) is 28.5. The largest absolute Gasteiger partial charge is 0.464 e. The maximum absolute atomic E-state index is 13.6. The number of nitrogens with zero attached hydrogens (tertiary/aromatic N) is 1. The minimum absolute atomic E-state index is 0.000388. The van der Waals surface area contributed by atoms with Crippen LogP contribution in [0.5, 0.6) is 0 Å². The van der Waals surface area contributed by atoms with Crippen LogP contribution in [0.1, 0.15) is 80.5 Å². The minimum Gasteiger partial charge on any atom is -0.464 e. The van der Waals surface area contributed by atoms with Gasteiger partial charge in [0.05, 0.1) is 13.2 Å². The Morgan fingerprint density at radius 1 is 0.612 bits per heavy atom. The average molecular weight is 660 g/mol. The lowest BCUT2D eigenvalue weighted by Gasteiger charge is -2.45. The van der Waals surface area contributed by atoms with Gasteiger partial charge in [-0.25, -0.2) is 9.59 Å². The van der Waals surface area contributed by atoms with E-state index >= 15 is 0 Å². The molecule has 1 fully saturated rings. The summed E-state index contributed by atoms with van der Waals surface area (Å²) in [6, 6.07) is 37.9. The van der Waals surface area contributed by atoms with Gasteiger partial charge in [0.25, 0.3) is 5.91 Å². The summed E-state index contributed by atoms with van der Waals surface area (Å²) >= 11 is 0. The van der Waals surface area contributed by atoms with Gasteiger partial charge in [0, 0.05) is 23.7 Å². The number of hydrogen-bond acceptors (Lipinski definition) is 6. The molecular formula is C42H45NO6. The van der Waals surface area contributed by atoms with Crippen LogP contribution in [0, 0.1) is 5.41 Å². The van der Waals surface area contributed by atoms with Crippen molar-refractivity contribution in [3.8, 4) is 0 Å². The molecule has 254 valence electrons. The van der Waals surface area contributed by atoms with Crippen LogP contribution in [-0.4, -0.2) is 53.8 Å². The van der Waals surface area contributed by atoms with Gasteiger partial charge in [0.1, 0.15) is 12.1 Å². The monoisotopic (exact) mass is 659 g/mol. The van der Waals surface area contributed by atoms with Gasteiger partial charge in [-0.15, -0.1) is 0 Å². The third-order valence-corrected chi connectivity index (χ3v) is 9.70. The van der Waals surface area contributed by atoms with Crippen molar-refractivity contribution < 1.29 is 28.7 Å². The predicted octanol–water partition coefficient (Wildman–Crippen LogP) is 7.49. The van der Waals surface area contributed by atoms with Gasteiger partial charge in [-0.05, 0) is 41.5 Å². The summed E-state index contributed by atoms with van der Waals surface area (Å²) in [5.74, 6) is -2.77. The molecule has 1 saturated heterocycles. The number of ether oxygens (including phenoxy) is 2. The summed E-state index contributed by atoms with van der Waals surface area (Å²) in [6.45, 7) is 5.42. The normalized spacial score (nSPS) is 15.8. The van der Waals surface area contributed by atoms with Gasteiger partial charge in [-0.3, -0.25) is 9.59 Å². The van der Waals surface area contributed by atoms with E-state index < -0.39 is 41.1 Å². The standard InChI is InChI=1S/C42H45NO6/c1-4-42(2,3)38(44)39(45)43-36(40(46)48-27-25-34(30-17-9-5-10-18-30)31-19-11-6-12-20-31)29-37(43)41(47)49-28-26-35(32-21-13-7-14-22-32)33-23-15-8-16-24-33/h5-24,34-37H,4,25-29H2,1-3H3. The van der Waals surface area contributed by atoms with Crippen molar-refractivity contribution in [3.05, 3.63) is 144 Å². The van der Waals surface area contributed by atoms with Crippen molar-refractivity contribution in [1.29, 1.82) is 0 Å². The molecule has 4 aromatic rings. The van der Waals surface area contributed by atoms with Crippen LogP contribution in [0.25, 0.3) is 0 Å². The summed E-state index contributed by atoms with van der Waals surface area (Å²) in [5, 5.41) is 0. The van der Waals surface area contributed by atoms with E-state index in [1.807, 2.05) is 128 Å². The van der Waals surface area contributed by atoms with Gasteiger partial charge in [-0.1, -0.05) is 142 Å². The summed E-state index contributed by atoms with van der Waals surface area (Å²) < 4.78 is 11.5. The molecule has 1 aliphatic heterocycles. The summed E-state index contributed by atoms with van der Waals surface area (Å²) in [4.78, 5) is 54.9. The molecule has 0 bridgehead atoms. The molecule has 49 heavy (non-hydrogen) atoms. The van der Waals surface area contributed by atoms with Crippen LogP contribution in [0.15, 0.2) is 121 Å². The molecule has 2 unspecified atom stereocenters. The Balaban J connectivity index is 1.25. The van der Waals surface area contributed by atoms with Crippen molar-refractivity contribution in [2.24, 2.45) is 5.41 Å². The zero-order valence-electron chi connectivity index (χ0n) is 28.5. The Hall–Kier alpha value is -5.04. The topological polar surface area (TPSA) is 90.0 Å². The van der Waals surface area contributed by atoms with Crippen LogP contribution in [0.4, 0.5) is 0 Å². The number of carbonyl (C=O) groups excluding carboxylic acids is 4. The highest BCUT2D eigenvalue weighted by molar-refractivity contribution is 6.38. The molecule has 2 atom stereocenters. The fraction of sp³-hybridized carbons (Fsp3) is 0.333. The van der Waals surface area contributed by atoms with E-state index in [-0.39, 0.29) is 31.5 Å². The number of likely N-dealkylation sites (tertiary alicyclic amines) is 1. The number of hydrogen-bond donors (Lipinski definition) is 0. The number of carbonyl (C=O) groups is 4. The lowest BCUT2D eigenvalue weighted by Crippen LogP contribution is -2.67. The lowest BCUT2D eigenvalue weighted by atomic mass is 9.82. The minimum atomic E-state index is -1.05. The first-order valence-corrected chi connectivity index (χ1v) is 17.1. The van der Waals surface area contributed by atoms with Crippen molar-refractivity contribution in [3.63, 3.8) is 0 Å². The molecule has 0 N–H and O–H groups in total. The van der Waals surface area contributed by atoms with Crippen molar-refractivity contribution in [2.75, 3.05) is 13.2 Å². The molecular weight excluding hydrogens is 614 g/mol. The van der Waals surface area contributed by atoms with Gasteiger partial charge in [0.15, 0.2) is 0 Å². The Morgan fingerprint density at radius 2 is 0.939 bits per heavy atom. The van der Waals surface area contributed by atoms with Crippen LogP contribution in [0.2, 0.25) is 0 Å². The maximum Gasteiger partial charge on any atom is 0.328 e. The third kappa shape index (κ3) is 8.52. The fourth-order valence-electron chi connectivity index (χ4n) is 6.33. The molecule has 1 amide bonds. The summed E-state index contributed by atoms with van der Waals surface area (Å²) in [6.07, 6.45) is 1.51. The number of ketones is 1. The van der Waals surface area contributed by atoms with E-state index in [4.69, 9.17) is 9.47 Å². The Labute approximate surface area is 289 Å². The fourth-order valence-corrected chi connectivity index (χ4v) is 6.33. The predicted molar refractivity (Wildman–Crippen MR) is 189 cm³/mol. The molecule has 0 spiro atoms. The molecule has 7 nitrogen and oxygen atoms in total. The van der Waals surface area contributed by atoms with E-state index in [9.17, 15) is 19.2 Å². The molecule has 0 aromatic heterocycles. The molecule has 0 aliphatic carbocycles. The number of Topliss-reactive ketones (excluding diaryl/α,β-unsaturated/α-hetero) is 1. The number of amides is 1. The lowest BCUT2D eigenvalue weighted by molar-refractivity contribution is -0.179. The molecule has 5 rings (SSSR count). The molecule has 7 heteroatoms. The second-order valence-electron chi connectivity index (χ2n) is 13.2. The van der Waals surface area contributed by atoms with Crippen LogP contribution < -0.4 is 0 Å². The van der Waals surface area contributed by atoms with Crippen LogP contribution in [0.3, 0.4) is 0 Å². The summed E-state index contributed by atoms with van der Waals surface area (Å²) in [7, 11) is 0. The van der Waals surface area contributed by atoms with Crippen molar-refractivity contribution in [2.45, 2.75) is 70.4 Å². The Bertz CT molecular complexity index is 1500. The highest BCUT2D eigenvalue weighted by Crippen LogP contribution is 2.34. The molecule has 1 heterocycles. The zero-order chi connectivity index (χ0) is 34.8. The van der Waals surface area contributed by atoms with E-state index in [1.165, 1.54) is 0 Å². The van der Waals surface area contributed by atoms with E-state index in [0.29, 0.717) is 19.3 Å². The van der Waals surface area contributed by atoms with E-state index in [1.54, 1.807) is 13.8 Å². The SMILES string of the molecule is CCC(C)(C)C(=O)C(=O)N1C(C(=O)OCCC(c2ccccc2)c2ccccc2)CC1C(=O)OCCC(c1ccccc1)c1ccccc1. The van der Waals surface area contributed by atoms with Gasteiger partial charge < -0.3 is 14.4 Å². The first kappa shape index (κ1) is 35.3. The smallest absolute Gasteiger partial charge is 0.328 e. The van der Waals surface area contributed by atoms with E-state index in [2.05, 4.69) is 0 Å².